The molecule has 0 bridgehead atoms. The number of nitrogens with zero attached hydrogens (tertiary/aromatic N) is 1. The van der Waals surface area contributed by atoms with Crippen LogP contribution in [0.25, 0.3) is 10.1 Å². The molecule has 1 heterocycles. The number of alkyl halides is 3. The number of benzene rings is 3. The highest BCUT2D eigenvalue weighted by atomic mass is 32.2. The highest BCUT2D eigenvalue weighted by Gasteiger charge is 2.30. The van der Waals surface area contributed by atoms with Crippen LogP contribution in [0.1, 0.15) is 22.2 Å². The summed E-state index contributed by atoms with van der Waals surface area (Å²) in [6.45, 7) is 1.89. The van der Waals surface area contributed by atoms with Crippen molar-refractivity contribution in [3.63, 3.8) is 0 Å². The van der Waals surface area contributed by atoms with Gasteiger partial charge in [-0.2, -0.15) is 13.2 Å². The van der Waals surface area contributed by atoms with Crippen molar-refractivity contribution in [1.29, 1.82) is 0 Å². The Morgan fingerprint density at radius 2 is 1.75 bits per heavy atom. The largest absolute Gasteiger partial charge is 0.497 e. The molecule has 1 aromatic heterocycles. The van der Waals surface area contributed by atoms with Gasteiger partial charge in [-0.25, -0.2) is 8.42 Å². The third-order valence-electron chi connectivity index (χ3n) is 5.39. The number of carbonyl (C=O) groups is 1. The highest BCUT2D eigenvalue weighted by Crippen LogP contribution is 2.33. The van der Waals surface area contributed by atoms with E-state index in [4.69, 9.17) is 4.74 Å². The summed E-state index contributed by atoms with van der Waals surface area (Å²) in [5.74, 6) is -0.0251. The van der Waals surface area contributed by atoms with Crippen molar-refractivity contribution in [3.05, 3.63) is 83.2 Å². The lowest BCUT2D eigenvalue weighted by atomic mass is 10.2. The second-order valence-electron chi connectivity index (χ2n) is 7.71. The Bertz CT molecular complexity index is 1510. The first-order chi connectivity index (χ1) is 17.0. The quantitative estimate of drug-likeness (QED) is 0.298. The second-order valence-corrected chi connectivity index (χ2v) is 10.7. The minimum Gasteiger partial charge on any atom is -0.497 e. The van der Waals surface area contributed by atoms with Crippen LogP contribution in [0.5, 0.6) is 5.75 Å². The van der Waals surface area contributed by atoms with Crippen LogP contribution < -0.4 is 14.4 Å². The SMILES string of the molecule is CCN(c1ccc2sc(C(=O)Nc3cccc(C(F)(F)F)c3)cc2c1)S(=O)(=O)c1ccc(OC)cc1. The predicted octanol–water partition coefficient (Wildman–Crippen LogP) is 6.40. The predicted molar refractivity (Wildman–Crippen MR) is 134 cm³/mol. The number of methoxy groups -OCH3 is 1. The van der Waals surface area contributed by atoms with E-state index in [0.717, 1.165) is 28.2 Å². The molecule has 0 aliphatic rings. The van der Waals surface area contributed by atoms with Gasteiger partial charge in [-0.1, -0.05) is 6.07 Å². The van der Waals surface area contributed by atoms with Gasteiger partial charge in [0.05, 0.1) is 28.1 Å². The summed E-state index contributed by atoms with van der Waals surface area (Å²) >= 11 is 1.15. The molecule has 0 atom stereocenters. The molecule has 3 aromatic carbocycles. The summed E-state index contributed by atoms with van der Waals surface area (Å²) in [6.07, 6.45) is -4.52. The number of carbonyl (C=O) groups excluding carboxylic acids is 1. The van der Waals surface area contributed by atoms with Gasteiger partial charge < -0.3 is 10.1 Å². The molecule has 36 heavy (non-hydrogen) atoms. The summed E-state index contributed by atoms with van der Waals surface area (Å²) in [5, 5.41) is 3.12. The Kier molecular flexibility index (Phi) is 6.96. The lowest BCUT2D eigenvalue weighted by molar-refractivity contribution is -0.137. The van der Waals surface area contributed by atoms with Crippen LogP contribution in [0.15, 0.2) is 77.7 Å². The number of fused-ring (bicyclic) bond motifs is 1. The maximum absolute atomic E-state index is 13.3. The van der Waals surface area contributed by atoms with Gasteiger partial charge in [0.15, 0.2) is 0 Å². The molecule has 0 unspecified atom stereocenters. The smallest absolute Gasteiger partial charge is 0.416 e. The third-order valence-corrected chi connectivity index (χ3v) is 8.43. The van der Waals surface area contributed by atoms with Crippen LogP contribution in [0, 0.1) is 0 Å². The van der Waals surface area contributed by atoms with Gasteiger partial charge in [0, 0.05) is 16.9 Å². The fourth-order valence-corrected chi connectivity index (χ4v) is 6.03. The molecule has 0 aliphatic heterocycles. The van der Waals surface area contributed by atoms with Gasteiger partial charge in [0.25, 0.3) is 15.9 Å². The normalized spacial score (nSPS) is 11.9. The van der Waals surface area contributed by atoms with Crippen molar-refractivity contribution in [1.82, 2.24) is 0 Å². The lowest BCUT2D eigenvalue weighted by Crippen LogP contribution is -2.30. The third kappa shape index (κ3) is 5.17. The molecule has 0 spiro atoms. The van der Waals surface area contributed by atoms with Gasteiger partial charge in [-0.3, -0.25) is 9.10 Å². The molecule has 0 fully saturated rings. The molecule has 0 aliphatic carbocycles. The zero-order chi connectivity index (χ0) is 26.1. The van der Waals surface area contributed by atoms with Crippen molar-refractivity contribution < 1.29 is 31.1 Å². The van der Waals surface area contributed by atoms with Crippen LogP contribution in [0.2, 0.25) is 0 Å². The number of thiophene rings is 1. The first-order valence-electron chi connectivity index (χ1n) is 10.7. The van der Waals surface area contributed by atoms with Crippen molar-refractivity contribution in [2.45, 2.75) is 18.0 Å². The number of halogens is 3. The molecule has 4 rings (SSSR count). The first-order valence-corrected chi connectivity index (χ1v) is 13.0. The number of anilines is 2. The number of ether oxygens (including phenoxy) is 1. The fraction of sp³-hybridized carbons (Fsp3) is 0.160. The Labute approximate surface area is 210 Å². The van der Waals surface area contributed by atoms with E-state index in [1.807, 2.05) is 0 Å². The monoisotopic (exact) mass is 534 g/mol. The number of sulfonamides is 1. The molecule has 188 valence electrons. The second kappa shape index (κ2) is 9.82. The van der Waals surface area contributed by atoms with E-state index in [1.54, 1.807) is 43.3 Å². The Balaban J connectivity index is 1.60. The lowest BCUT2D eigenvalue weighted by Gasteiger charge is -2.23. The maximum atomic E-state index is 13.3. The summed E-state index contributed by atoms with van der Waals surface area (Å²) in [6, 6.07) is 17.1. The summed E-state index contributed by atoms with van der Waals surface area (Å²) < 4.78 is 72.5. The molecular weight excluding hydrogens is 513 g/mol. The summed E-state index contributed by atoms with van der Waals surface area (Å²) in [4.78, 5) is 13.1. The van der Waals surface area contributed by atoms with Crippen molar-refractivity contribution in [3.8, 4) is 5.75 Å². The standard InChI is InChI=1S/C25H21F3N2O4S2/c1-3-30(36(32,33)21-10-8-20(34-2)9-11-21)19-7-12-22-16(13-19)14-23(35-22)24(31)29-18-6-4-5-17(15-18)25(26,27)28/h4-15H,3H2,1-2H3,(H,29,31). The van der Waals surface area contributed by atoms with Crippen LogP contribution in [-0.4, -0.2) is 28.0 Å². The van der Waals surface area contributed by atoms with Crippen LogP contribution in [0.4, 0.5) is 24.5 Å². The van der Waals surface area contributed by atoms with E-state index in [1.165, 1.54) is 35.7 Å². The van der Waals surface area contributed by atoms with E-state index >= 15 is 0 Å². The van der Waals surface area contributed by atoms with E-state index in [-0.39, 0.29) is 22.0 Å². The Hall–Kier alpha value is -3.57. The molecule has 1 N–H and O–H groups in total. The molecule has 0 saturated heterocycles. The topological polar surface area (TPSA) is 75.7 Å². The van der Waals surface area contributed by atoms with Gasteiger partial charge in [0.1, 0.15) is 5.75 Å². The van der Waals surface area contributed by atoms with E-state index < -0.39 is 27.7 Å². The first kappa shape index (κ1) is 25.5. The van der Waals surface area contributed by atoms with Crippen molar-refractivity contribution in [2.24, 2.45) is 0 Å². The van der Waals surface area contributed by atoms with Gasteiger partial charge in [0.2, 0.25) is 0 Å². The number of rotatable bonds is 7. The fourth-order valence-electron chi connectivity index (χ4n) is 3.63. The van der Waals surface area contributed by atoms with Gasteiger partial charge in [-0.05, 0) is 79.0 Å². The Morgan fingerprint density at radius 3 is 2.39 bits per heavy atom. The Morgan fingerprint density at radius 1 is 1.03 bits per heavy atom. The molecule has 0 saturated carbocycles. The van der Waals surface area contributed by atoms with Crippen molar-refractivity contribution >= 4 is 48.7 Å². The van der Waals surface area contributed by atoms with E-state index in [0.29, 0.717) is 16.8 Å². The number of amides is 1. The number of nitrogens with one attached hydrogen (secondary N) is 1. The molecule has 1 amide bonds. The average molecular weight is 535 g/mol. The highest BCUT2D eigenvalue weighted by molar-refractivity contribution is 7.92. The molecular formula is C25H21F3N2O4S2. The van der Waals surface area contributed by atoms with Crippen LogP contribution in [-0.2, 0) is 16.2 Å². The minimum absolute atomic E-state index is 0.0238. The summed E-state index contributed by atoms with van der Waals surface area (Å²) in [7, 11) is -2.36. The van der Waals surface area contributed by atoms with Crippen LogP contribution >= 0.6 is 11.3 Å². The maximum Gasteiger partial charge on any atom is 0.416 e. The van der Waals surface area contributed by atoms with Crippen LogP contribution in [0.3, 0.4) is 0 Å². The van der Waals surface area contributed by atoms with Gasteiger partial charge in [-0.15, -0.1) is 11.3 Å². The molecule has 11 heteroatoms. The zero-order valence-electron chi connectivity index (χ0n) is 19.2. The molecule has 4 aromatic rings. The zero-order valence-corrected chi connectivity index (χ0v) is 20.8. The van der Waals surface area contributed by atoms with E-state index in [2.05, 4.69) is 5.32 Å². The van der Waals surface area contributed by atoms with E-state index in [9.17, 15) is 26.4 Å². The average Bonchev–Trinajstić information content (AvgIpc) is 3.28. The number of hydrogen-bond donors (Lipinski definition) is 1. The minimum atomic E-state index is -4.52. The number of hydrogen-bond acceptors (Lipinski definition) is 5. The molecule has 6 nitrogen and oxygen atoms in total. The molecule has 0 radical (unpaired) electrons. The van der Waals surface area contributed by atoms with Crippen molar-refractivity contribution in [2.75, 3.05) is 23.3 Å². The van der Waals surface area contributed by atoms with Gasteiger partial charge >= 0.3 is 6.18 Å². The summed E-state index contributed by atoms with van der Waals surface area (Å²) in [5.41, 5.74) is -0.418.